The molecular weight excluding hydrogens is 289 g/mol. The summed E-state index contributed by atoms with van der Waals surface area (Å²) < 4.78 is 18.9. The Balaban J connectivity index is 2.02. The van der Waals surface area contributed by atoms with Crippen LogP contribution in [0.15, 0.2) is 42.5 Å². The normalized spacial score (nSPS) is 20.7. The summed E-state index contributed by atoms with van der Waals surface area (Å²) in [4.78, 5) is 0. The van der Waals surface area contributed by atoms with Gasteiger partial charge in [0.25, 0.3) is 0 Å². The molecule has 2 aromatic carbocycles. The summed E-state index contributed by atoms with van der Waals surface area (Å²) in [6.45, 7) is 1.13. The van der Waals surface area contributed by atoms with Gasteiger partial charge < -0.3 is 10.5 Å². The minimum absolute atomic E-state index is 0.212. The Labute approximate surface area is 128 Å². The fourth-order valence-electron chi connectivity index (χ4n) is 3.02. The summed E-state index contributed by atoms with van der Waals surface area (Å²) in [5, 5.41) is 0.451. The van der Waals surface area contributed by atoms with Crippen molar-refractivity contribution in [1.29, 1.82) is 0 Å². The van der Waals surface area contributed by atoms with Crippen LogP contribution in [-0.2, 0) is 11.8 Å². The molecule has 4 heteroatoms. The van der Waals surface area contributed by atoms with Crippen molar-refractivity contribution in [2.24, 2.45) is 5.73 Å². The fraction of sp³-hybridized carbons (Fsp3) is 0.294. The summed E-state index contributed by atoms with van der Waals surface area (Å²) in [6, 6.07) is 12.5. The van der Waals surface area contributed by atoms with E-state index in [1.54, 1.807) is 6.07 Å². The maximum atomic E-state index is 13.2. The van der Waals surface area contributed by atoms with E-state index in [1.807, 2.05) is 18.2 Å². The molecule has 1 unspecified atom stereocenters. The molecule has 0 bridgehead atoms. The molecule has 21 heavy (non-hydrogen) atoms. The Morgan fingerprint density at radius 2 is 2.05 bits per heavy atom. The average Bonchev–Trinajstić information content (AvgIpc) is 2.50. The summed E-state index contributed by atoms with van der Waals surface area (Å²) in [5.41, 5.74) is 7.92. The summed E-state index contributed by atoms with van der Waals surface area (Å²) in [7, 11) is 0. The van der Waals surface area contributed by atoms with Crippen molar-refractivity contribution in [1.82, 2.24) is 0 Å². The lowest BCUT2D eigenvalue weighted by molar-refractivity contribution is 0.215. The van der Waals surface area contributed by atoms with Gasteiger partial charge in [0.15, 0.2) is 0 Å². The van der Waals surface area contributed by atoms with Crippen LogP contribution in [0.25, 0.3) is 0 Å². The lowest BCUT2D eigenvalue weighted by atomic mass is 9.72. The Morgan fingerprint density at radius 3 is 2.81 bits per heavy atom. The SMILES string of the molecule is NCC1(Cc2ccc(F)cc2Cl)CCOc2ccccc21. The van der Waals surface area contributed by atoms with E-state index >= 15 is 0 Å². The molecule has 1 aliphatic heterocycles. The molecule has 1 atom stereocenters. The molecule has 1 heterocycles. The molecule has 0 amide bonds. The molecule has 110 valence electrons. The lowest BCUT2D eigenvalue weighted by Gasteiger charge is -2.38. The van der Waals surface area contributed by atoms with Crippen LogP contribution in [0.1, 0.15) is 17.5 Å². The van der Waals surface area contributed by atoms with E-state index in [1.165, 1.54) is 12.1 Å². The maximum absolute atomic E-state index is 13.2. The van der Waals surface area contributed by atoms with E-state index in [2.05, 4.69) is 6.07 Å². The van der Waals surface area contributed by atoms with Gasteiger partial charge in [0.05, 0.1) is 6.61 Å². The molecule has 0 radical (unpaired) electrons. The third kappa shape index (κ3) is 2.63. The average molecular weight is 306 g/mol. The Morgan fingerprint density at radius 1 is 1.24 bits per heavy atom. The number of halogens is 2. The summed E-state index contributed by atoms with van der Waals surface area (Å²) >= 11 is 6.18. The predicted octanol–water partition coefficient (Wildman–Crippen LogP) is 3.70. The van der Waals surface area contributed by atoms with Crippen molar-refractivity contribution in [3.8, 4) is 5.75 Å². The zero-order valence-corrected chi connectivity index (χ0v) is 12.4. The van der Waals surface area contributed by atoms with Gasteiger partial charge >= 0.3 is 0 Å². The molecule has 0 saturated heterocycles. The first kappa shape index (κ1) is 14.4. The minimum Gasteiger partial charge on any atom is -0.493 e. The summed E-state index contributed by atoms with van der Waals surface area (Å²) in [6.07, 6.45) is 1.51. The van der Waals surface area contributed by atoms with Crippen molar-refractivity contribution in [2.75, 3.05) is 13.2 Å². The molecule has 0 aliphatic carbocycles. The van der Waals surface area contributed by atoms with E-state index < -0.39 is 0 Å². The standard InChI is InChI=1S/C17H17ClFNO/c18-15-9-13(19)6-5-12(15)10-17(11-20)7-8-21-16-4-2-1-3-14(16)17/h1-6,9H,7-8,10-11,20H2. The predicted molar refractivity (Wildman–Crippen MR) is 82.4 cm³/mol. The number of fused-ring (bicyclic) bond motifs is 1. The van der Waals surface area contributed by atoms with Crippen molar-refractivity contribution in [3.05, 3.63) is 64.4 Å². The topological polar surface area (TPSA) is 35.2 Å². The van der Waals surface area contributed by atoms with Crippen LogP contribution in [0.4, 0.5) is 4.39 Å². The fourth-order valence-corrected chi connectivity index (χ4v) is 3.25. The van der Waals surface area contributed by atoms with Crippen LogP contribution < -0.4 is 10.5 Å². The van der Waals surface area contributed by atoms with Crippen LogP contribution in [0.3, 0.4) is 0 Å². The van der Waals surface area contributed by atoms with E-state index in [0.29, 0.717) is 24.6 Å². The van der Waals surface area contributed by atoms with Gasteiger partial charge in [-0.05, 0) is 36.6 Å². The van der Waals surface area contributed by atoms with Crippen LogP contribution in [-0.4, -0.2) is 13.2 Å². The molecule has 0 aromatic heterocycles. The largest absolute Gasteiger partial charge is 0.493 e. The summed E-state index contributed by atoms with van der Waals surface area (Å²) in [5.74, 6) is 0.561. The number of rotatable bonds is 3. The first-order valence-electron chi connectivity index (χ1n) is 7.01. The second-order valence-corrected chi connectivity index (χ2v) is 5.90. The van der Waals surface area contributed by atoms with Gasteiger partial charge in [0, 0.05) is 22.5 Å². The molecule has 0 saturated carbocycles. The third-order valence-electron chi connectivity index (χ3n) is 4.23. The highest BCUT2D eigenvalue weighted by molar-refractivity contribution is 6.31. The minimum atomic E-state index is -0.321. The second-order valence-electron chi connectivity index (χ2n) is 5.49. The Kier molecular flexibility index (Phi) is 3.87. The lowest BCUT2D eigenvalue weighted by Crippen LogP contribution is -2.41. The number of ether oxygens (including phenoxy) is 1. The van der Waals surface area contributed by atoms with Gasteiger partial charge in [-0.3, -0.25) is 0 Å². The maximum Gasteiger partial charge on any atom is 0.124 e. The number of para-hydroxylation sites is 1. The second kappa shape index (κ2) is 5.66. The van der Waals surface area contributed by atoms with E-state index in [9.17, 15) is 4.39 Å². The van der Waals surface area contributed by atoms with E-state index in [-0.39, 0.29) is 11.2 Å². The molecule has 0 fully saturated rings. The van der Waals surface area contributed by atoms with E-state index in [4.69, 9.17) is 22.1 Å². The Bertz CT molecular complexity index is 661. The zero-order chi connectivity index (χ0) is 14.9. The number of benzene rings is 2. The monoisotopic (exact) mass is 305 g/mol. The third-order valence-corrected chi connectivity index (χ3v) is 4.58. The molecule has 2 nitrogen and oxygen atoms in total. The van der Waals surface area contributed by atoms with Crippen molar-refractivity contribution in [2.45, 2.75) is 18.3 Å². The first-order chi connectivity index (χ1) is 10.1. The number of hydrogen-bond donors (Lipinski definition) is 1. The van der Waals surface area contributed by atoms with Gasteiger partial charge in [-0.25, -0.2) is 4.39 Å². The molecule has 3 rings (SSSR count). The van der Waals surface area contributed by atoms with Crippen molar-refractivity contribution in [3.63, 3.8) is 0 Å². The number of hydrogen-bond acceptors (Lipinski definition) is 2. The highest BCUT2D eigenvalue weighted by Gasteiger charge is 2.37. The molecule has 1 aliphatic rings. The van der Waals surface area contributed by atoms with Gasteiger partial charge in [-0.15, -0.1) is 0 Å². The van der Waals surface area contributed by atoms with Crippen LogP contribution in [0.2, 0.25) is 5.02 Å². The van der Waals surface area contributed by atoms with Gasteiger partial charge in [0.1, 0.15) is 11.6 Å². The van der Waals surface area contributed by atoms with Crippen molar-refractivity contribution < 1.29 is 9.13 Å². The first-order valence-corrected chi connectivity index (χ1v) is 7.39. The molecule has 2 aromatic rings. The highest BCUT2D eigenvalue weighted by Crippen LogP contribution is 2.41. The van der Waals surface area contributed by atoms with Crippen LogP contribution in [0.5, 0.6) is 5.75 Å². The van der Waals surface area contributed by atoms with Gasteiger partial charge in [0.2, 0.25) is 0 Å². The van der Waals surface area contributed by atoms with Gasteiger partial charge in [-0.1, -0.05) is 35.9 Å². The van der Waals surface area contributed by atoms with E-state index in [0.717, 1.165) is 23.3 Å². The molecule has 0 spiro atoms. The van der Waals surface area contributed by atoms with Crippen LogP contribution in [0, 0.1) is 5.82 Å². The quantitative estimate of drug-likeness (QED) is 0.938. The molecular formula is C17H17ClFNO. The van der Waals surface area contributed by atoms with Crippen molar-refractivity contribution >= 4 is 11.6 Å². The smallest absolute Gasteiger partial charge is 0.124 e. The number of nitrogens with two attached hydrogens (primary N) is 1. The molecule has 2 N–H and O–H groups in total. The zero-order valence-electron chi connectivity index (χ0n) is 11.6. The Hall–Kier alpha value is -1.58. The van der Waals surface area contributed by atoms with Crippen LogP contribution >= 0.6 is 11.6 Å². The highest BCUT2D eigenvalue weighted by atomic mass is 35.5. The van der Waals surface area contributed by atoms with Gasteiger partial charge in [-0.2, -0.15) is 0 Å².